The van der Waals surface area contributed by atoms with Crippen LogP contribution in [0.5, 0.6) is 0 Å². The zero-order valence-corrected chi connectivity index (χ0v) is 14.1. The predicted molar refractivity (Wildman–Crippen MR) is 80.6 cm³/mol. The van der Waals surface area contributed by atoms with Gasteiger partial charge in [0.05, 0.1) is 11.7 Å². The van der Waals surface area contributed by atoms with Crippen molar-refractivity contribution >= 4 is 37.8 Å². The smallest absolute Gasteiger partial charge is 0.272 e. The van der Waals surface area contributed by atoms with Crippen LogP contribution in [0.1, 0.15) is 24.3 Å². The number of hydrogen-bond donors (Lipinski definition) is 0. The van der Waals surface area contributed by atoms with Gasteiger partial charge < -0.3 is 9.64 Å². The van der Waals surface area contributed by atoms with E-state index in [0.717, 1.165) is 4.47 Å². The molecule has 1 saturated heterocycles. The van der Waals surface area contributed by atoms with Gasteiger partial charge in [-0.25, -0.2) is 4.98 Å². The zero-order chi connectivity index (χ0) is 14.0. The Morgan fingerprint density at radius 2 is 2.32 bits per heavy atom. The average molecular weight is 392 g/mol. The Labute approximate surface area is 129 Å². The van der Waals surface area contributed by atoms with Crippen molar-refractivity contribution in [2.45, 2.75) is 25.6 Å². The number of halogens is 2. The molecule has 1 unspecified atom stereocenters. The van der Waals surface area contributed by atoms with Gasteiger partial charge in [0.25, 0.3) is 5.91 Å². The summed E-state index contributed by atoms with van der Waals surface area (Å²) < 4.78 is 6.76. The summed E-state index contributed by atoms with van der Waals surface area (Å²) in [5, 5.41) is 0.716. The third-order valence-electron chi connectivity index (χ3n) is 2.89. The molecule has 104 valence electrons. The van der Waals surface area contributed by atoms with Crippen LogP contribution in [-0.2, 0) is 4.74 Å². The zero-order valence-electron chi connectivity index (χ0n) is 10.9. The molecule has 1 aliphatic heterocycles. The number of hydrogen-bond acceptors (Lipinski definition) is 3. The number of alkyl halides is 1. The maximum Gasteiger partial charge on any atom is 0.272 e. The van der Waals surface area contributed by atoms with Crippen molar-refractivity contribution in [1.82, 2.24) is 9.88 Å². The van der Waals surface area contributed by atoms with Gasteiger partial charge in [-0.1, -0.05) is 15.9 Å². The first-order chi connectivity index (χ1) is 8.91. The lowest BCUT2D eigenvalue weighted by Crippen LogP contribution is -2.55. The number of carbonyl (C=O) groups excluding carboxylic acids is 1. The lowest BCUT2D eigenvalue weighted by atomic mass is 10.1. The van der Waals surface area contributed by atoms with Gasteiger partial charge in [0, 0.05) is 29.1 Å². The summed E-state index contributed by atoms with van der Waals surface area (Å²) in [5.41, 5.74) is 0.135. The maximum absolute atomic E-state index is 12.4. The Kier molecular flexibility index (Phi) is 4.63. The van der Waals surface area contributed by atoms with Crippen molar-refractivity contribution in [2.24, 2.45) is 0 Å². The molecule has 0 aromatic carbocycles. The maximum atomic E-state index is 12.4. The molecule has 0 aliphatic carbocycles. The summed E-state index contributed by atoms with van der Waals surface area (Å²) in [6.45, 7) is 5.16. The number of rotatable bonds is 2. The molecule has 4 nitrogen and oxygen atoms in total. The van der Waals surface area contributed by atoms with Crippen LogP contribution in [0.15, 0.2) is 22.8 Å². The molecule has 1 aliphatic rings. The molecule has 1 amide bonds. The molecule has 0 N–H and O–H groups in total. The summed E-state index contributed by atoms with van der Waals surface area (Å²) in [4.78, 5) is 18.4. The highest BCUT2D eigenvalue weighted by molar-refractivity contribution is 9.10. The van der Waals surface area contributed by atoms with Crippen molar-refractivity contribution in [2.75, 3.05) is 18.4 Å². The molecule has 19 heavy (non-hydrogen) atoms. The molecule has 1 fully saturated rings. The summed E-state index contributed by atoms with van der Waals surface area (Å²) in [5.74, 6) is -0.0465. The number of morpholine rings is 1. The van der Waals surface area contributed by atoms with Crippen molar-refractivity contribution in [3.8, 4) is 0 Å². The minimum absolute atomic E-state index is 0.0168. The van der Waals surface area contributed by atoms with Crippen LogP contribution in [0.4, 0.5) is 0 Å². The molecule has 1 aromatic heterocycles. The van der Waals surface area contributed by atoms with Crippen molar-refractivity contribution in [3.63, 3.8) is 0 Å². The Hall–Kier alpha value is -0.460. The van der Waals surface area contributed by atoms with E-state index >= 15 is 0 Å². The van der Waals surface area contributed by atoms with E-state index in [0.29, 0.717) is 24.1 Å². The highest BCUT2D eigenvalue weighted by Crippen LogP contribution is 2.23. The highest BCUT2D eigenvalue weighted by atomic mass is 79.9. The van der Waals surface area contributed by atoms with E-state index in [1.165, 1.54) is 0 Å². The number of ether oxygens (including phenoxy) is 1. The standard InChI is InChI=1S/C13H16Br2N2O2/c1-13(2)8-17(7-10(5-14)19-13)12(18)11-4-3-9(15)6-16-11/h3-4,6,10H,5,7-8H2,1-2H3. The molecule has 1 atom stereocenters. The summed E-state index contributed by atoms with van der Waals surface area (Å²) >= 11 is 6.74. The molecule has 2 rings (SSSR count). The first-order valence-electron chi connectivity index (χ1n) is 6.06. The third kappa shape index (κ3) is 3.77. The van der Waals surface area contributed by atoms with E-state index in [-0.39, 0.29) is 17.6 Å². The third-order valence-corrected chi connectivity index (χ3v) is 4.08. The van der Waals surface area contributed by atoms with Crippen LogP contribution in [-0.4, -0.2) is 45.9 Å². The lowest BCUT2D eigenvalue weighted by Gasteiger charge is -2.42. The van der Waals surface area contributed by atoms with E-state index in [9.17, 15) is 4.79 Å². The van der Waals surface area contributed by atoms with Crippen molar-refractivity contribution in [1.29, 1.82) is 0 Å². The normalized spacial score (nSPS) is 22.3. The van der Waals surface area contributed by atoms with Gasteiger partial charge in [0.15, 0.2) is 0 Å². The van der Waals surface area contributed by atoms with Gasteiger partial charge in [-0.3, -0.25) is 4.79 Å². The van der Waals surface area contributed by atoms with Gasteiger partial charge in [-0.2, -0.15) is 0 Å². The predicted octanol–water partition coefficient (Wildman–Crippen LogP) is 2.86. The van der Waals surface area contributed by atoms with Gasteiger partial charge in [0.1, 0.15) is 5.69 Å². The van der Waals surface area contributed by atoms with Crippen LogP contribution in [0.2, 0.25) is 0 Å². The quantitative estimate of drug-likeness (QED) is 0.728. The first kappa shape index (κ1) is 14.9. The van der Waals surface area contributed by atoms with E-state index in [1.807, 2.05) is 24.8 Å². The van der Waals surface area contributed by atoms with E-state index in [4.69, 9.17) is 4.74 Å². The van der Waals surface area contributed by atoms with Crippen LogP contribution >= 0.6 is 31.9 Å². The molecule has 1 aromatic rings. The summed E-state index contributed by atoms with van der Waals surface area (Å²) in [7, 11) is 0. The Morgan fingerprint density at radius 3 is 2.89 bits per heavy atom. The summed E-state index contributed by atoms with van der Waals surface area (Å²) in [6, 6.07) is 3.56. The van der Waals surface area contributed by atoms with E-state index < -0.39 is 0 Å². The second kappa shape index (κ2) is 5.89. The molecule has 6 heteroatoms. The first-order valence-corrected chi connectivity index (χ1v) is 7.97. The lowest BCUT2D eigenvalue weighted by molar-refractivity contribution is -0.116. The molecule has 2 heterocycles. The van der Waals surface area contributed by atoms with Crippen molar-refractivity contribution < 1.29 is 9.53 Å². The van der Waals surface area contributed by atoms with Crippen LogP contribution < -0.4 is 0 Å². The number of amides is 1. The largest absolute Gasteiger partial charge is 0.368 e. The molecule has 0 bridgehead atoms. The number of pyridine rings is 1. The number of carbonyl (C=O) groups is 1. The Bertz CT molecular complexity index is 462. The monoisotopic (exact) mass is 390 g/mol. The fourth-order valence-electron chi connectivity index (χ4n) is 2.20. The molecular weight excluding hydrogens is 376 g/mol. The van der Waals surface area contributed by atoms with Gasteiger partial charge >= 0.3 is 0 Å². The van der Waals surface area contributed by atoms with Gasteiger partial charge in [-0.15, -0.1) is 0 Å². The van der Waals surface area contributed by atoms with E-state index in [2.05, 4.69) is 36.8 Å². The topological polar surface area (TPSA) is 42.4 Å². The fourth-order valence-corrected chi connectivity index (χ4v) is 2.77. The number of nitrogens with zero attached hydrogens (tertiary/aromatic N) is 2. The van der Waals surface area contributed by atoms with Crippen LogP contribution in [0.3, 0.4) is 0 Å². The minimum Gasteiger partial charge on any atom is -0.368 e. The van der Waals surface area contributed by atoms with Crippen LogP contribution in [0, 0.1) is 0 Å². The van der Waals surface area contributed by atoms with Gasteiger partial charge in [0.2, 0.25) is 0 Å². The van der Waals surface area contributed by atoms with Crippen LogP contribution in [0.25, 0.3) is 0 Å². The van der Waals surface area contributed by atoms with Crippen molar-refractivity contribution in [3.05, 3.63) is 28.5 Å². The molecule has 0 saturated carbocycles. The molecule has 0 radical (unpaired) electrons. The average Bonchev–Trinajstić information content (AvgIpc) is 2.37. The molecular formula is C13H16Br2N2O2. The summed E-state index contributed by atoms with van der Waals surface area (Å²) in [6.07, 6.45) is 1.66. The second-order valence-electron chi connectivity index (χ2n) is 5.20. The minimum atomic E-state index is -0.332. The molecule has 0 spiro atoms. The van der Waals surface area contributed by atoms with E-state index in [1.54, 1.807) is 12.3 Å². The second-order valence-corrected chi connectivity index (χ2v) is 6.76. The fraction of sp³-hybridized carbons (Fsp3) is 0.538. The Balaban J connectivity index is 2.16. The SMILES string of the molecule is CC1(C)CN(C(=O)c2ccc(Br)cn2)CC(CBr)O1. The Morgan fingerprint density at radius 1 is 1.58 bits per heavy atom. The highest BCUT2D eigenvalue weighted by Gasteiger charge is 2.35. The van der Waals surface area contributed by atoms with Gasteiger partial charge in [-0.05, 0) is 41.9 Å². The number of aromatic nitrogens is 1.